The number of hydrogen-bond donors (Lipinski definition) is 0. The Kier molecular flexibility index (Phi) is 5.85. The molecule has 6 nitrogen and oxygen atoms in total. The van der Waals surface area contributed by atoms with Gasteiger partial charge in [-0.2, -0.15) is 0 Å². The molecule has 1 atom stereocenters. The smallest absolute Gasteiger partial charge is 0.161 e. The Morgan fingerprint density at radius 1 is 1.12 bits per heavy atom. The fourth-order valence-corrected chi connectivity index (χ4v) is 4.39. The molecule has 0 aliphatic carbocycles. The quantitative estimate of drug-likeness (QED) is 0.468. The van der Waals surface area contributed by atoms with Crippen molar-refractivity contribution >= 4 is 17.2 Å². The zero-order chi connectivity index (χ0) is 23.9. The number of fused-ring (bicyclic) bond motifs is 1. The SMILES string of the molecule is C=C1C=CN(C(C)c2cc(C)c(C)c(-c3cncc(C(C)=O)c3)c2OC)c2ncnc(C)c21. The molecule has 33 heavy (non-hydrogen) atoms. The van der Waals surface area contributed by atoms with Gasteiger partial charge < -0.3 is 9.64 Å². The number of carbonyl (C=O) groups is 1. The highest BCUT2D eigenvalue weighted by Gasteiger charge is 2.28. The van der Waals surface area contributed by atoms with E-state index in [0.29, 0.717) is 5.56 Å². The highest BCUT2D eigenvalue weighted by Crippen LogP contribution is 2.44. The summed E-state index contributed by atoms with van der Waals surface area (Å²) >= 11 is 0. The van der Waals surface area contributed by atoms with E-state index in [1.807, 2.05) is 25.3 Å². The Labute approximate surface area is 194 Å². The van der Waals surface area contributed by atoms with Crippen LogP contribution in [-0.4, -0.2) is 27.8 Å². The molecule has 0 amide bonds. The summed E-state index contributed by atoms with van der Waals surface area (Å²) in [5.41, 5.74) is 8.35. The van der Waals surface area contributed by atoms with Crippen molar-refractivity contribution in [1.29, 1.82) is 0 Å². The van der Waals surface area contributed by atoms with Crippen LogP contribution in [0.4, 0.5) is 5.82 Å². The lowest BCUT2D eigenvalue weighted by Gasteiger charge is -2.33. The van der Waals surface area contributed by atoms with E-state index in [1.165, 1.54) is 0 Å². The number of aryl methyl sites for hydroxylation is 2. The Balaban J connectivity index is 1.91. The number of ketones is 1. The van der Waals surface area contributed by atoms with E-state index in [-0.39, 0.29) is 11.8 Å². The number of pyridine rings is 1. The van der Waals surface area contributed by atoms with Gasteiger partial charge in [0.15, 0.2) is 5.78 Å². The molecule has 1 unspecified atom stereocenters. The Hall–Kier alpha value is -3.80. The topological polar surface area (TPSA) is 68.2 Å². The van der Waals surface area contributed by atoms with Crippen molar-refractivity contribution in [2.24, 2.45) is 0 Å². The van der Waals surface area contributed by atoms with E-state index in [0.717, 1.165) is 56.2 Å². The number of nitrogens with zero attached hydrogens (tertiary/aromatic N) is 4. The molecule has 0 saturated carbocycles. The van der Waals surface area contributed by atoms with Gasteiger partial charge in [-0.05, 0) is 69.5 Å². The normalized spacial score (nSPS) is 13.6. The largest absolute Gasteiger partial charge is 0.496 e. The molecule has 3 aromatic rings. The first-order chi connectivity index (χ1) is 15.7. The maximum Gasteiger partial charge on any atom is 0.161 e. The number of ether oxygens (including phenoxy) is 1. The van der Waals surface area contributed by atoms with Crippen LogP contribution in [-0.2, 0) is 0 Å². The molecule has 1 aromatic carbocycles. The molecular formula is C27H28N4O2. The summed E-state index contributed by atoms with van der Waals surface area (Å²) < 4.78 is 6.00. The summed E-state index contributed by atoms with van der Waals surface area (Å²) in [6.07, 6.45) is 8.96. The van der Waals surface area contributed by atoms with Crippen molar-refractivity contribution in [3.8, 4) is 16.9 Å². The third-order valence-corrected chi connectivity index (χ3v) is 6.35. The number of carbonyl (C=O) groups excluding carboxylic acids is 1. The zero-order valence-corrected chi connectivity index (χ0v) is 19.9. The van der Waals surface area contributed by atoms with Gasteiger partial charge in [0.25, 0.3) is 0 Å². The number of Topliss-reactive ketones (excluding diaryl/α,β-unsaturated/α-hetero) is 1. The van der Waals surface area contributed by atoms with Crippen LogP contribution in [0.15, 0.2) is 49.7 Å². The van der Waals surface area contributed by atoms with Crippen molar-refractivity contribution < 1.29 is 9.53 Å². The molecule has 3 heterocycles. The highest BCUT2D eigenvalue weighted by atomic mass is 16.5. The number of anilines is 1. The average Bonchev–Trinajstić information content (AvgIpc) is 2.80. The predicted molar refractivity (Wildman–Crippen MR) is 132 cm³/mol. The second-order valence-electron chi connectivity index (χ2n) is 8.42. The van der Waals surface area contributed by atoms with Gasteiger partial charge in [-0.25, -0.2) is 9.97 Å². The fraction of sp³-hybridized carbons (Fsp3) is 0.259. The van der Waals surface area contributed by atoms with Crippen LogP contribution in [0.2, 0.25) is 0 Å². The Morgan fingerprint density at radius 3 is 2.58 bits per heavy atom. The lowest BCUT2D eigenvalue weighted by molar-refractivity contribution is 0.101. The number of hydrogen-bond acceptors (Lipinski definition) is 6. The fourth-order valence-electron chi connectivity index (χ4n) is 4.39. The molecule has 4 rings (SSSR count). The van der Waals surface area contributed by atoms with Gasteiger partial charge >= 0.3 is 0 Å². The summed E-state index contributed by atoms with van der Waals surface area (Å²) in [5.74, 6) is 1.57. The molecule has 1 aliphatic heterocycles. The van der Waals surface area contributed by atoms with Crippen molar-refractivity contribution in [1.82, 2.24) is 15.0 Å². The maximum atomic E-state index is 12.0. The second kappa shape index (κ2) is 8.62. The third-order valence-electron chi connectivity index (χ3n) is 6.35. The highest BCUT2D eigenvalue weighted by molar-refractivity contribution is 5.95. The van der Waals surface area contributed by atoms with Gasteiger partial charge in [0.05, 0.1) is 18.8 Å². The van der Waals surface area contributed by atoms with Crippen LogP contribution in [0.1, 0.15) is 58.2 Å². The summed E-state index contributed by atoms with van der Waals surface area (Å²) in [6.45, 7) is 14.0. The molecule has 0 bridgehead atoms. The van der Waals surface area contributed by atoms with Crippen LogP contribution in [0, 0.1) is 20.8 Å². The number of aromatic nitrogens is 3. The standard InChI is InChI=1S/C27H28N4O2/c1-15-8-9-31(27-24(15)18(4)29-14-30-27)19(5)23-10-16(2)17(3)25(26(23)33-7)22-11-21(20(6)32)12-28-13-22/h8-14,19H,1H2,2-7H3. The number of rotatable bonds is 5. The predicted octanol–water partition coefficient (Wildman–Crippen LogP) is 5.78. The van der Waals surface area contributed by atoms with Gasteiger partial charge in [0.1, 0.15) is 17.9 Å². The summed E-state index contributed by atoms with van der Waals surface area (Å²) in [4.78, 5) is 27.4. The van der Waals surface area contributed by atoms with Crippen LogP contribution < -0.4 is 9.64 Å². The van der Waals surface area contributed by atoms with E-state index in [9.17, 15) is 4.79 Å². The minimum absolute atomic E-state index is 0.0208. The monoisotopic (exact) mass is 440 g/mol. The lowest BCUT2D eigenvalue weighted by Crippen LogP contribution is -2.26. The number of benzene rings is 1. The van der Waals surface area contributed by atoms with Crippen LogP contribution in [0.3, 0.4) is 0 Å². The molecule has 0 N–H and O–H groups in total. The van der Waals surface area contributed by atoms with Gasteiger partial charge in [0, 0.05) is 46.4 Å². The summed E-state index contributed by atoms with van der Waals surface area (Å²) in [6, 6.07) is 3.96. The first kappa shape index (κ1) is 22.4. The molecule has 0 saturated heterocycles. The van der Waals surface area contributed by atoms with E-state index >= 15 is 0 Å². The van der Waals surface area contributed by atoms with Gasteiger partial charge in [-0.15, -0.1) is 0 Å². The number of allylic oxidation sites excluding steroid dienone is 2. The first-order valence-electron chi connectivity index (χ1n) is 10.9. The van der Waals surface area contributed by atoms with Gasteiger partial charge in [0.2, 0.25) is 0 Å². The molecule has 1 aliphatic rings. The Bertz CT molecular complexity index is 1310. The van der Waals surface area contributed by atoms with E-state index in [2.05, 4.69) is 53.3 Å². The minimum atomic E-state index is -0.0839. The molecular weight excluding hydrogens is 412 g/mol. The molecule has 2 aromatic heterocycles. The van der Waals surface area contributed by atoms with Crippen molar-refractivity contribution in [3.63, 3.8) is 0 Å². The van der Waals surface area contributed by atoms with Crippen LogP contribution in [0.25, 0.3) is 16.7 Å². The second-order valence-corrected chi connectivity index (χ2v) is 8.42. The summed E-state index contributed by atoms with van der Waals surface area (Å²) in [7, 11) is 1.68. The van der Waals surface area contributed by atoms with Crippen molar-refractivity contribution in [2.75, 3.05) is 12.0 Å². The molecule has 0 fully saturated rings. The lowest BCUT2D eigenvalue weighted by atomic mass is 9.90. The van der Waals surface area contributed by atoms with Crippen LogP contribution >= 0.6 is 0 Å². The van der Waals surface area contributed by atoms with E-state index < -0.39 is 0 Å². The van der Waals surface area contributed by atoms with Crippen LogP contribution in [0.5, 0.6) is 5.75 Å². The zero-order valence-electron chi connectivity index (χ0n) is 19.9. The van der Waals surface area contributed by atoms with E-state index in [4.69, 9.17) is 4.74 Å². The first-order valence-corrected chi connectivity index (χ1v) is 10.9. The molecule has 0 radical (unpaired) electrons. The molecule has 168 valence electrons. The minimum Gasteiger partial charge on any atom is -0.496 e. The Morgan fingerprint density at radius 2 is 1.88 bits per heavy atom. The molecule has 6 heteroatoms. The van der Waals surface area contributed by atoms with E-state index in [1.54, 1.807) is 32.8 Å². The van der Waals surface area contributed by atoms with Gasteiger partial charge in [-0.1, -0.05) is 6.58 Å². The number of methoxy groups -OCH3 is 1. The van der Waals surface area contributed by atoms with Crippen molar-refractivity contribution in [3.05, 3.63) is 83.2 Å². The third kappa shape index (κ3) is 3.82. The maximum absolute atomic E-state index is 12.0. The molecule has 0 spiro atoms. The average molecular weight is 441 g/mol. The summed E-state index contributed by atoms with van der Waals surface area (Å²) in [5, 5.41) is 0. The van der Waals surface area contributed by atoms with Crippen molar-refractivity contribution in [2.45, 2.75) is 40.7 Å². The van der Waals surface area contributed by atoms with Gasteiger partial charge in [-0.3, -0.25) is 9.78 Å².